The summed E-state index contributed by atoms with van der Waals surface area (Å²) in [5.74, 6) is 1.31. The predicted molar refractivity (Wildman–Crippen MR) is 118 cm³/mol. The monoisotopic (exact) mass is 404 g/mol. The summed E-state index contributed by atoms with van der Waals surface area (Å²) in [5, 5.41) is 2.97. The van der Waals surface area contributed by atoms with Crippen molar-refractivity contribution in [2.24, 2.45) is 0 Å². The third-order valence-electron chi connectivity index (χ3n) is 4.66. The molecule has 3 rings (SSSR count). The predicted octanol–water partition coefficient (Wildman–Crippen LogP) is 4.02. The summed E-state index contributed by atoms with van der Waals surface area (Å²) in [6, 6.07) is 25.8. The van der Waals surface area contributed by atoms with Gasteiger partial charge in [0, 0.05) is 13.1 Å². The van der Waals surface area contributed by atoms with E-state index in [1.165, 1.54) is 5.56 Å². The summed E-state index contributed by atoms with van der Waals surface area (Å²) >= 11 is 0. The van der Waals surface area contributed by atoms with Crippen LogP contribution >= 0.6 is 0 Å². The average molecular weight is 405 g/mol. The minimum absolute atomic E-state index is 0.0168. The second kappa shape index (κ2) is 11.0. The van der Waals surface area contributed by atoms with Gasteiger partial charge in [0.1, 0.15) is 6.61 Å². The molecule has 0 saturated carbocycles. The van der Waals surface area contributed by atoms with Crippen molar-refractivity contribution >= 4 is 5.91 Å². The van der Waals surface area contributed by atoms with Gasteiger partial charge in [-0.1, -0.05) is 66.7 Å². The second-order valence-corrected chi connectivity index (χ2v) is 7.19. The fourth-order valence-corrected chi connectivity index (χ4v) is 3.13. The fraction of sp³-hybridized carbons (Fsp3) is 0.240. The average Bonchev–Trinajstić information content (AvgIpc) is 2.77. The zero-order valence-corrected chi connectivity index (χ0v) is 17.5. The summed E-state index contributed by atoms with van der Waals surface area (Å²) in [6.07, 6.45) is 0. The van der Waals surface area contributed by atoms with Crippen molar-refractivity contribution < 1.29 is 14.3 Å². The highest BCUT2D eigenvalue weighted by Gasteiger charge is 2.09. The van der Waals surface area contributed by atoms with Gasteiger partial charge in [0.15, 0.2) is 11.5 Å². The number of methoxy groups -OCH3 is 1. The molecule has 3 aromatic carbocycles. The number of hydrogen-bond donors (Lipinski definition) is 1. The lowest BCUT2D eigenvalue weighted by Crippen LogP contribution is -2.34. The van der Waals surface area contributed by atoms with Crippen molar-refractivity contribution in [3.8, 4) is 11.5 Å². The molecule has 0 unspecified atom stereocenters. The molecule has 0 fully saturated rings. The topological polar surface area (TPSA) is 50.8 Å². The number of carbonyl (C=O) groups excluding carboxylic acids is 1. The number of hydrogen-bond acceptors (Lipinski definition) is 4. The molecule has 5 heteroatoms. The SMILES string of the molecule is COc1cc(CNC(=O)CN(C)Cc2ccccc2)ccc1OCc1ccccc1. The lowest BCUT2D eigenvalue weighted by atomic mass is 10.2. The molecule has 0 aliphatic heterocycles. The van der Waals surface area contributed by atoms with E-state index in [0.29, 0.717) is 31.2 Å². The van der Waals surface area contributed by atoms with E-state index >= 15 is 0 Å². The number of carbonyl (C=O) groups is 1. The Morgan fingerprint density at radius 1 is 0.867 bits per heavy atom. The third kappa shape index (κ3) is 6.64. The van der Waals surface area contributed by atoms with Crippen molar-refractivity contribution in [1.82, 2.24) is 10.2 Å². The first-order chi connectivity index (χ1) is 14.6. The first-order valence-electron chi connectivity index (χ1n) is 9.97. The van der Waals surface area contributed by atoms with E-state index < -0.39 is 0 Å². The molecule has 30 heavy (non-hydrogen) atoms. The Labute approximate surface area is 178 Å². The minimum Gasteiger partial charge on any atom is -0.493 e. The molecular weight excluding hydrogens is 376 g/mol. The number of nitrogens with zero attached hydrogens (tertiary/aromatic N) is 1. The van der Waals surface area contributed by atoms with Crippen LogP contribution in [0.15, 0.2) is 78.9 Å². The number of benzene rings is 3. The normalized spacial score (nSPS) is 10.6. The van der Waals surface area contributed by atoms with E-state index in [9.17, 15) is 4.79 Å². The van der Waals surface area contributed by atoms with Gasteiger partial charge in [0.2, 0.25) is 5.91 Å². The molecule has 5 nitrogen and oxygen atoms in total. The molecule has 0 bridgehead atoms. The number of likely N-dealkylation sites (N-methyl/N-ethyl adjacent to an activating group) is 1. The maximum atomic E-state index is 12.3. The highest BCUT2D eigenvalue weighted by molar-refractivity contribution is 5.78. The van der Waals surface area contributed by atoms with Crippen molar-refractivity contribution in [3.63, 3.8) is 0 Å². The van der Waals surface area contributed by atoms with E-state index in [0.717, 1.165) is 17.7 Å². The standard InChI is InChI=1S/C25H28N2O3/c1-27(17-20-9-5-3-6-10-20)18-25(28)26-16-22-13-14-23(24(15-22)29-2)30-19-21-11-7-4-8-12-21/h3-15H,16-19H2,1-2H3,(H,26,28). The molecule has 0 spiro atoms. The van der Waals surface area contributed by atoms with Crippen LogP contribution in [-0.2, 0) is 24.5 Å². The largest absolute Gasteiger partial charge is 0.493 e. The minimum atomic E-state index is -0.0168. The van der Waals surface area contributed by atoms with Crippen molar-refractivity contribution in [2.45, 2.75) is 19.7 Å². The Morgan fingerprint density at radius 2 is 1.53 bits per heavy atom. The van der Waals surface area contributed by atoms with Crippen LogP contribution in [0.5, 0.6) is 11.5 Å². The molecule has 0 atom stereocenters. The number of rotatable bonds is 10. The zero-order chi connectivity index (χ0) is 21.2. The van der Waals surface area contributed by atoms with Gasteiger partial charge in [-0.15, -0.1) is 0 Å². The second-order valence-electron chi connectivity index (χ2n) is 7.19. The van der Waals surface area contributed by atoms with E-state index in [2.05, 4.69) is 17.4 Å². The molecule has 156 valence electrons. The van der Waals surface area contributed by atoms with Gasteiger partial charge < -0.3 is 14.8 Å². The Bertz CT molecular complexity index is 930. The van der Waals surface area contributed by atoms with Crippen molar-refractivity contribution in [3.05, 3.63) is 95.6 Å². The van der Waals surface area contributed by atoms with Crippen molar-refractivity contribution in [1.29, 1.82) is 0 Å². The summed E-state index contributed by atoms with van der Waals surface area (Å²) < 4.78 is 11.4. The van der Waals surface area contributed by atoms with Crippen LogP contribution in [-0.4, -0.2) is 31.5 Å². The van der Waals surface area contributed by atoms with Crippen LogP contribution < -0.4 is 14.8 Å². The molecule has 0 aliphatic rings. The highest BCUT2D eigenvalue weighted by atomic mass is 16.5. The van der Waals surface area contributed by atoms with Gasteiger partial charge in [0.25, 0.3) is 0 Å². The smallest absolute Gasteiger partial charge is 0.234 e. The van der Waals surface area contributed by atoms with E-state index in [4.69, 9.17) is 9.47 Å². The maximum absolute atomic E-state index is 12.3. The summed E-state index contributed by atoms with van der Waals surface area (Å²) in [4.78, 5) is 14.3. The van der Waals surface area contributed by atoms with Crippen LogP contribution in [0.25, 0.3) is 0 Å². The lowest BCUT2D eigenvalue weighted by molar-refractivity contribution is -0.122. The molecule has 0 aliphatic carbocycles. The van der Waals surface area contributed by atoms with E-state index in [1.54, 1.807) is 7.11 Å². The van der Waals surface area contributed by atoms with Crippen molar-refractivity contribution in [2.75, 3.05) is 20.7 Å². The number of amides is 1. The quantitative estimate of drug-likeness (QED) is 0.554. The summed E-state index contributed by atoms with van der Waals surface area (Å²) in [7, 11) is 3.56. The zero-order valence-electron chi connectivity index (χ0n) is 17.5. The molecule has 0 aromatic heterocycles. The molecule has 0 radical (unpaired) electrons. The van der Waals surface area contributed by atoms with Crippen LogP contribution in [0.4, 0.5) is 0 Å². The Balaban J connectivity index is 1.49. The Kier molecular flexibility index (Phi) is 7.86. The van der Waals surface area contributed by atoms with E-state index in [-0.39, 0.29) is 5.91 Å². The Hall–Kier alpha value is -3.31. The van der Waals surface area contributed by atoms with Crippen LogP contribution in [0.1, 0.15) is 16.7 Å². The third-order valence-corrected chi connectivity index (χ3v) is 4.66. The van der Waals surface area contributed by atoms with Gasteiger partial charge in [-0.05, 0) is 35.9 Å². The summed E-state index contributed by atoms with van der Waals surface area (Å²) in [5.41, 5.74) is 3.23. The first kappa shape index (κ1) is 21.4. The Morgan fingerprint density at radius 3 is 2.20 bits per heavy atom. The molecular formula is C25H28N2O3. The number of ether oxygens (including phenoxy) is 2. The van der Waals surface area contributed by atoms with Crippen LogP contribution in [0, 0.1) is 0 Å². The van der Waals surface area contributed by atoms with Gasteiger partial charge in [0.05, 0.1) is 13.7 Å². The van der Waals surface area contributed by atoms with Crippen LogP contribution in [0.2, 0.25) is 0 Å². The van der Waals surface area contributed by atoms with Gasteiger partial charge in [-0.3, -0.25) is 9.69 Å². The lowest BCUT2D eigenvalue weighted by Gasteiger charge is -2.17. The van der Waals surface area contributed by atoms with Gasteiger partial charge in [-0.2, -0.15) is 0 Å². The molecule has 0 saturated heterocycles. The molecule has 1 N–H and O–H groups in total. The highest BCUT2D eigenvalue weighted by Crippen LogP contribution is 2.28. The molecule has 0 heterocycles. The van der Waals surface area contributed by atoms with Gasteiger partial charge in [-0.25, -0.2) is 0 Å². The van der Waals surface area contributed by atoms with Crippen LogP contribution in [0.3, 0.4) is 0 Å². The summed E-state index contributed by atoms with van der Waals surface area (Å²) in [6.45, 7) is 1.98. The maximum Gasteiger partial charge on any atom is 0.234 e. The number of nitrogens with one attached hydrogen (secondary N) is 1. The van der Waals surface area contributed by atoms with Gasteiger partial charge >= 0.3 is 0 Å². The fourth-order valence-electron chi connectivity index (χ4n) is 3.13. The molecule has 1 amide bonds. The first-order valence-corrected chi connectivity index (χ1v) is 9.97. The van der Waals surface area contributed by atoms with E-state index in [1.807, 2.05) is 78.7 Å². The molecule has 3 aromatic rings.